The maximum absolute atomic E-state index is 7.51. The molecule has 3 N–H and O–H groups in total. The largest absolute Gasteiger partial charge is 0.387 e. The Labute approximate surface area is 107 Å². The Morgan fingerprint density at radius 1 is 1.59 bits per heavy atom. The standard InChI is InChI=1S/C12H22N4S/c1-9-15-10(8-17-9)7-16(4)6-5-12(2,3)11(13)14/h8H,5-7H2,1-4H3,(H3,13,14). The zero-order chi connectivity index (χ0) is 13.1. The SMILES string of the molecule is Cc1nc(CN(C)CCC(C)(C)C(=N)N)cs1. The minimum atomic E-state index is -0.216. The van der Waals surface area contributed by atoms with E-state index in [-0.39, 0.29) is 11.3 Å². The van der Waals surface area contributed by atoms with E-state index in [2.05, 4.69) is 22.3 Å². The molecule has 0 atom stereocenters. The van der Waals surface area contributed by atoms with Crippen molar-refractivity contribution in [3.05, 3.63) is 16.1 Å². The van der Waals surface area contributed by atoms with Gasteiger partial charge in [-0.1, -0.05) is 13.8 Å². The summed E-state index contributed by atoms with van der Waals surface area (Å²) in [6, 6.07) is 0. The average molecular weight is 254 g/mol. The highest BCUT2D eigenvalue weighted by Crippen LogP contribution is 2.20. The normalized spacial score (nSPS) is 12.1. The van der Waals surface area contributed by atoms with E-state index >= 15 is 0 Å². The van der Waals surface area contributed by atoms with Crippen molar-refractivity contribution in [2.45, 2.75) is 33.7 Å². The highest BCUT2D eigenvalue weighted by Gasteiger charge is 2.21. The molecule has 1 aromatic heterocycles. The van der Waals surface area contributed by atoms with Gasteiger partial charge in [0.05, 0.1) is 16.5 Å². The summed E-state index contributed by atoms with van der Waals surface area (Å²) in [6.07, 6.45) is 0.891. The second-order valence-electron chi connectivity index (χ2n) is 5.14. The number of hydrogen-bond acceptors (Lipinski definition) is 4. The summed E-state index contributed by atoms with van der Waals surface area (Å²) < 4.78 is 0. The van der Waals surface area contributed by atoms with Crippen molar-refractivity contribution < 1.29 is 0 Å². The fraction of sp³-hybridized carbons (Fsp3) is 0.667. The summed E-state index contributed by atoms with van der Waals surface area (Å²) in [5, 5.41) is 10.7. The monoisotopic (exact) mass is 254 g/mol. The van der Waals surface area contributed by atoms with Crippen LogP contribution in [0.25, 0.3) is 0 Å². The van der Waals surface area contributed by atoms with Crippen LogP contribution in [0.5, 0.6) is 0 Å². The first-order chi connectivity index (χ1) is 7.81. The van der Waals surface area contributed by atoms with Gasteiger partial charge in [0.1, 0.15) is 0 Å². The quantitative estimate of drug-likeness (QED) is 0.604. The van der Waals surface area contributed by atoms with Gasteiger partial charge < -0.3 is 10.6 Å². The number of amidine groups is 1. The molecule has 0 radical (unpaired) electrons. The predicted octanol–water partition coefficient (Wildman–Crippen LogP) is 2.24. The molecule has 4 nitrogen and oxygen atoms in total. The first kappa shape index (κ1) is 14.1. The highest BCUT2D eigenvalue weighted by atomic mass is 32.1. The molecule has 0 amide bonds. The molecule has 0 unspecified atom stereocenters. The summed E-state index contributed by atoms with van der Waals surface area (Å²) in [4.78, 5) is 6.66. The Hall–Kier alpha value is -0.940. The lowest BCUT2D eigenvalue weighted by Gasteiger charge is -2.25. The van der Waals surface area contributed by atoms with Crippen LogP contribution in [0.4, 0.5) is 0 Å². The molecule has 0 aliphatic carbocycles. The van der Waals surface area contributed by atoms with Crippen LogP contribution in [0.15, 0.2) is 5.38 Å². The molecule has 5 heteroatoms. The molecule has 0 spiro atoms. The van der Waals surface area contributed by atoms with Gasteiger partial charge in [-0.15, -0.1) is 11.3 Å². The fourth-order valence-corrected chi connectivity index (χ4v) is 2.05. The van der Waals surface area contributed by atoms with E-state index in [1.54, 1.807) is 11.3 Å². The number of hydrogen-bond donors (Lipinski definition) is 2. The van der Waals surface area contributed by atoms with E-state index in [0.717, 1.165) is 30.2 Å². The second kappa shape index (κ2) is 5.60. The zero-order valence-electron chi connectivity index (χ0n) is 11.1. The molecule has 0 saturated carbocycles. The number of nitrogens with two attached hydrogens (primary N) is 1. The molecule has 0 saturated heterocycles. The van der Waals surface area contributed by atoms with E-state index in [1.807, 2.05) is 20.8 Å². The Kier molecular flexibility index (Phi) is 4.65. The van der Waals surface area contributed by atoms with Crippen LogP contribution in [0, 0.1) is 17.7 Å². The molecule has 96 valence electrons. The molecule has 1 aromatic rings. The van der Waals surface area contributed by atoms with Crippen molar-refractivity contribution in [2.75, 3.05) is 13.6 Å². The van der Waals surface area contributed by atoms with E-state index in [0.29, 0.717) is 0 Å². The predicted molar refractivity (Wildman–Crippen MR) is 73.5 cm³/mol. The third kappa shape index (κ3) is 4.44. The topological polar surface area (TPSA) is 66.0 Å². The summed E-state index contributed by atoms with van der Waals surface area (Å²) in [5.41, 5.74) is 6.47. The Morgan fingerprint density at radius 2 is 2.24 bits per heavy atom. The first-order valence-electron chi connectivity index (χ1n) is 5.75. The van der Waals surface area contributed by atoms with Gasteiger partial charge in [-0.25, -0.2) is 4.98 Å². The van der Waals surface area contributed by atoms with Crippen LogP contribution < -0.4 is 5.73 Å². The summed E-state index contributed by atoms with van der Waals surface area (Å²) in [6.45, 7) is 7.82. The van der Waals surface area contributed by atoms with Gasteiger partial charge in [0.15, 0.2) is 0 Å². The maximum Gasteiger partial charge on any atom is 0.0963 e. The Bertz CT molecular complexity index is 384. The van der Waals surface area contributed by atoms with Gasteiger partial charge >= 0.3 is 0 Å². The Morgan fingerprint density at radius 3 is 2.71 bits per heavy atom. The lowest BCUT2D eigenvalue weighted by molar-refractivity contribution is 0.282. The summed E-state index contributed by atoms with van der Waals surface area (Å²) in [7, 11) is 2.07. The summed E-state index contributed by atoms with van der Waals surface area (Å²) >= 11 is 1.68. The molecular formula is C12H22N4S. The average Bonchev–Trinajstić information content (AvgIpc) is 2.61. The molecule has 1 heterocycles. The minimum Gasteiger partial charge on any atom is -0.387 e. The van der Waals surface area contributed by atoms with Crippen LogP contribution in [0.3, 0.4) is 0 Å². The van der Waals surface area contributed by atoms with Crippen molar-refractivity contribution >= 4 is 17.2 Å². The van der Waals surface area contributed by atoms with Crippen molar-refractivity contribution in [3.8, 4) is 0 Å². The smallest absolute Gasteiger partial charge is 0.0963 e. The molecule has 0 aliphatic rings. The van der Waals surface area contributed by atoms with Crippen LogP contribution in [-0.2, 0) is 6.54 Å². The third-order valence-corrected chi connectivity index (χ3v) is 3.77. The van der Waals surface area contributed by atoms with E-state index in [1.165, 1.54) is 0 Å². The van der Waals surface area contributed by atoms with Crippen molar-refractivity contribution in [1.29, 1.82) is 5.41 Å². The van der Waals surface area contributed by atoms with Gasteiger partial charge in [0.25, 0.3) is 0 Å². The number of nitrogens with one attached hydrogen (secondary N) is 1. The first-order valence-corrected chi connectivity index (χ1v) is 6.63. The van der Waals surface area contributed by atoms with Crippen molar-refractivity contribution in [3.63, 3.8) is 0 Å². The number of thiazole rings is 1. The van der Waals surface area contributed by atoms with Gasteiger partial charge in [-0.3, -0.25) is 5.41 Å². The lowest BCUT2D eigenvalue weighted by Crippen LogP contribution is -2.34. The van der Waals surface area contributed by atoms with Gasteiger partial charge in [0, 0.05) is 17.3 Å². The number of aromatic nitrogens is 1. The minimum absolute atomic E-state index is 0.216. The Balaban J connectivity index is 2.40. The lowest BCUT2D eigenvalue weighted by atomic mass is 9.88. The molecule has 0 fully saturated rings. The fourth-order valence-electron chi connectivity index (χ4n) is 1.44. The highest BCUT2D eigenvalue weighted by molar-refractivity contribution is 7.09. The van der Waals surface area contributed by atoms with Crippen molar-refractivity contribution in [1.82, 2.24) is 9.88 Å². The molecule has 0 bridgehead atoms. The number of aryl methyl sites for hydroxylation is 1. The van der Waals surface area contributed by atoms with E-state index in [9.17, 15) is 0 Å². The maximum atomic E-state index is 7.51. The number of nitrogens with zero attached hydrogens (tertiary/aromatic N) is 2. The van der Waals surface area contributed by atoms with Gasteiger partial charge in [-0.05, 0) is 26.9 Å². The second-order valence-corrected chi connectivity index (χ2v) is 6.21. The van der Waals surface area contributed by atoms with Crippen LogP contribution in [0.1, 0.15) is 31.0 Å². The molecule has 1 rings (SSSR count). The van der Waals surface area contributed by atoms with Crippen LogP contribution in [0.2, 0.25) is 0 Å². The third-order valence-electron chi connectivity index (χ3n) is 2.95. The molecule has 0 aliphatic heterocycles. The van der Waals surface area contributed by atoms with E-state index in [4.69, 9.17) is 11.1 Å². The number of rotatable bonds is 6. The summed E-state index contributed by atoms with van der Waals surface area (Å²) in [5.74, 6) is 0.260. The zero-order valence-corrected chi connectivity index (χ0v) is 11.9. The van der Waals surface area contributed by atoms with Crippen LogP contribution >= 0.6 is 11.3 Å². The van der Waals surface area contributed by atoms with E-state index < -0.39 is 0 Å². The van der Waals surface area contributed by atoms with Gasteiger partial charge in [-0.2, -0.15) is 0 Å². The van der Waals surface area contributed by atoms with Crippen molar-refractivity contribution in [2.24, 2.45) is 11.1 Å². The molecule has 17 heavy (non-hydrogen) atoms. The van der Waals surface area contributed by atoms with Gasteiger partial charge in [0.2, 0.25) is 0 Å². The molecule has 0 aromatic carbocycles. The van der Waals surface area contributed by atoms with Crippen LogP contribution in [-0.4, -0.2) is 29.3 Å². The molecular weight excluding hydrogens is 232 g/mol.